The van der Waals surface area contributed by atoms with Crippen LogP contribution in [0.15, 0.2) is 0 Å². The zero-order valence-corrected chi connectivity index (χ0v) is 7.26. The van der Waals surface area contributed by atoms with Crippen LogP contribution in [0.3, 0.4) is 0 Å². The van der Waals surface area contributed by atoms with Crippen molar-refractivity contribution >= 4 is 23.8 Å². The number of thiol groups is 1. The molecule has 1 atom stereocenters. The van der Waals surface area contributed by atoms with E-state index in [1.165, 1.54) is 0 Å². The number of carboxylic acid groups (broad SMARTS) is 1. The Morgan fingerprint density at radius 1 is 1.45 bits per heavy atom. The molecule has 0 aliphatic carbocycles. The van der Waals surface area contributed by atoms with Gasteiger partial charge in [0.15, 0.2) is 0 Å². The molecule has 0 spiro atoms. The summed E-state index contributed by atoms with van der Waals surface area (Å²) in [6.45, 7) is 3.49. The molecule has 0 aromatic rings. The van der Waals surface area contributed by atoms with Gasteiger partial charge in [0, 0.05) is 0 Å². The highest BCUT2D eigenvalue weighted by Gasteiger charge is 2.20. The third-order valence-electron chi connectivity index (χ3n) is 1.21. The van der Waals surface area contributed by atoms with E-state index in [2.05, 4.69) is 17.9 Å². The average molecular weight is 177 g/mol. The minimum atomic E-state index is -1.20. The van der Waals surface area contributed by atoms with Gasteiger partial charge in [-0.15, -0.1) is 12.6 Å². The van der Waals surface area contributed by atoms with Crippen molar-refractivity contribution in [2.45, 2.75) is 19.9 Å². The van der Waals surface area contributed by atoms with Crippen LogP contribution in [0.2, 0.25) is 0 Å². The Bertz CT molecular complexity index is 169. The predicted molar refractivity (Wildman–Crippen MR) is 43.8 cm³/mol. The van der Waals surface area contributed by atoms with E-state index in [0.29, 0.717) is 0 Å². The molecule has 0 saturated heterocycles. The summed E-state index contributed by atoms with van der Waals surface area (Å²) < 4.78 is 0. The van der Waals surface area contributed by atoms with E-state index in [1.54, 1.807) is 13.8 Å². The molecule has 0 unspecified atom stereocenters. The molecule has 0 aliphatic heterocycles. The van der Waals surface area contributed by atoms with Crippen LogP contribution in [-0.4, -0.2) is 22.4 Å². The average Bonchev–Trinajstić information content (AvgIpc) is 1.81. The van der Waals surface area contributed by atoms with Crippen molar-refractivity contribution in [2.75, 3.05) is 0 Å². The lowest BCUT2D eigenvalue weighted by Gasteiger charge is -2.15. The van der Waals surface area contributed by atoms with Gasteiger partial charge in [0.25, 0.3) is 0 Å². The second-order valence-corrected chi connectivity index (χ2v) is 2.95. The summed E-state index contributed by atoms with van der Waals surface area (Å²) in [7, 11) is 0. The quantitative estimate of drug-likeness (QED) is 0.557. The fourth-order valence-corrected chi connectivity index (χ4v) is 1.01. The highest BCUT2D eigenvalue weighted by molar-refractivity contribution is 7.96. The zero-order chi connectivity index (χ0) is 9.02. The summed E-state index contributed by atoms with van der Waals surface area (Å²) in [4.78, 5) is 20.8. The van der Waals surface area contributed by atoms with Crippen LogP contribution >= 0.6 is 12.6 Å². The van der Waals surface area contributed by atoms with E-state index < -0.39 is 17.3 Å². The molecule has 4 nitrogen and oxygen atoms in total. The molecule has 5 heteroatoms. The first-order valence-corrected chi connectivity index (χ1v) is 3.62. The fraction of sp³-hybridized carbons (Fsp3) is 0.667. The van der Waals surface area contributed by atoms with Crippen molar-refractivity contribution in [3.63, 3.8) is 0 Å². The maximum absolute atomic E-state index is 10.7. The van der Waals surface area contributed by atoms with Gasteiger partial charge in [-0.2, -0.15) is 0 Å². The summed E-state index contributed by atoms with van der Waals surface area (Å²) in [5.41, 5.74) is 0. The van der Waals surface area contributed by atoms with E-state index in [-0.39, 0.29) is 5.92 Å². The zero-order valence-electron chi connectivity index (χ0n) is 6.37. The first-order chi connectivity index (χ1) is 4.95. The van der Waals surface area contributed by atoms with E-state index in [9.17, 15) is 9.59 Å². The molecular formula is C6H11NO3S. The molecule has 0 rings (SSSR count). The van der Waals surface area contributed by atoms with Crippen LogP contribution in [0.5, 0.6) is 0 Å². The molecule has 64 valence electrons. The molecule has 0 aliphatic rings. The SMILES string of the molecule is CC(C)[C@H](NC(=O)O)C(=O)S. The van der Waals surface area contributed by atoms with Gasteiger partial charge in [0.05, 0.1) is 0 Å². The molecule has 0 aromatic carbocycles. The summed E-state index contributed by atoms with van der Waals surface area (Å²) in [6, 6.07) is -0.712. The normalized spacial score (nSPS) is 12.7. The molecule has 0 aromatic heterocycles. The van der Waals surface area contributed by atoms with E-state index in [4.69, 9.17) is 5.11 Å². The smallest absolute Gasteiger partial charge is 0.405 e. The first-order valence-electron chi connectivity index (χ1n) is 3.17. The number of hydrogen-bond donors (Lipinski definition) is 3. The van der Waals surface area contributed by atoms with Crippen LogP contribution < -0.4 is 5.32 Å². The molecule has 11 heavy (non-hydrogen) atoms. The summed E-state index contributed by atoms with van der Waals surface area (Å²) in [6.07, 6.45) is -1.20. The topological polar surface area (TPSA) is 66.4 Å². The Balaban J connectivity index is 4.12. The Morgan fingerprint density at radius 2 is 1.91 bits per heavy atom. The maximum Gasteiger partial charge on any atom is 0.405 e. The molecule has 0 bridgehead atoms. The Kier molecular flexibility index (Phi) is 3.95. The highest BCUT2D eigenvalue weighted by atomic mass is 32.1. The van der Waals surface area contributed by atoms with Crippen molar-refractivity contribution < 1.29 is 14.7 Å². The first kappa shape index (κ1) is 10.3. The molecule has 0 radical (unpaired) electrons. The molecule has 1 amide bonds. The number of rotatable bonds is 3. The van der Waals surface area contributed by atoms with Crippen molar-refractivity contribution in [3.8, 4) is 0 Å². The van der Waals surface area contributed by atoms with Crippen molar-refractivity contribution in [3.05, 3.63) is 0 Å². The van der Waals surface area contributed by atoms with Crippen molar-refractivity contribution in [2.24, 2.45) is 5.92 Å². The lowest BCUT2D eigenvalue weighted by atomic mass is 10.1. The van der Waals surface area contributed by atoms with E-state index >= 15 is 0 Å². The van der Waals surface area contributed by atoms with Crippen LogP contribution in [0.4, 0.5) is 4.79 Å². The van der Waals surface area contributed by atoms with Gasteiger partial charge in [-0.05, 0) is 5.92 Å². The van der Waals surface area contributed by atoms with Crippen LogP contribution in [-0.2, 0) is 4.79 Å². The van der Waals surface area contributed by atoms with Gasteiger partial charge >= 0.3 is 6.09 Å². The van der Waals surface area contributed by atoms with Crippen LogP contribution in [0, 0.1) is 5.92 Å². The number of amides is 1. The standard InChI is InChI=1S/C6H11NO3S/c1-3(2)4(5(8)11)7-6(9)10/h3-4,7H,1-2H3,(H,8,11)(H,9,10)/t4-/m0/s1. The van der Waals surface area contributed by atoms with Crippen LogP contribution in [0.1, 0.15) is 13.8 Å². The molecule has 0 saturated carbocycles. The number of carbonyl (C=O) groups is 2. The lowest BCUT2D eigenvalue weighted by Crippen LogP contribution is -2.41. The van der Waals surface area contributed by atoms with Gasteiger partial charge in [0.2, 0.25) is 5.12 Å². The predicted octanol–water partition coefficient (Wildman–Crippen LogP) is 0.735. The maximum atomic E-state index is 10.7. The minimum Gasteiger partial charge on any atom is -0.465 e. The van der Waals surface area contributed by atoms with Gasteiger partial charge in [-0.1, -0.05) is 13.8 Å². The second kappa shape index (κ2) is 4.23. The van der Waals surface area contributed by atoms with Crippen LogP contribution in [0.25, 0.3) is 0 Å². The number of carbonyl (C=O) groups excluding carboxylic acids is 1. The molecular weight excluding hydrogens is 166 g/mol. The summed E-state index contributed by atoms with van der Waals surface area (Å²) in [5.74, 6) is -0.0731. The Morgan fingerprint density at radius 3 is 2.00 bits per heavy atom. The van der Waals surface area contributed by atoms with Crippen molar-refractivity contribution in [1.82, 2.24) is 5.32 Å². The Labute approximate surface area is 70.4 Å². The van der Waals surface area contributed by atoms with E-state index in [1.807, 2.05) is 0 Å². The summed E-state index contributed by atoms with van der Waals surface area (Å²) in [5, 5.41) is 9.90. The second-order valence-electron chi connectivity index (χ2n) is 2.51. The van der Waals surface area contributed by atoms with Gasteiger partial charge in [-0.3, -0.25) is 4.79 Å². The molecule has 2 N–H and O–H groups in total. The van der Waals surface area contributed by atoms with Gasteiger partial charge in [-0.25, -0.2) is 4.79 Å². The molecule has 0 heterocycles. The van der Waals surface area contributed by atoms with E-state index in [0.717, 1.165) is 0 Å². The summed E-state index contributed by atoms with van der Waals surface area (Å²) >= 11 is 3.54. The number of nitrogens with one attached hydrogen (secondary N) is 1. The fourth-order valence-electron chi connectivity index (χ4n) is 0.647. The Hall–Kier alpha value is -0.710. The van der Waals surface area contributed by atoms with Gasteiger partial charge < -0.3 is 10.4 Å². The van der Waals surface area contributed by atoms with Gasteiger partial charge in [0.1, 0.15) is 6.04 Å². The number of hydrogen-bond acceptors (Lipinski definition) is 2. The largest absolute Gasteiger partial charge is 0.465 e. The lowest BCUT2D eigenvalue weighted by molar-refractivity contribution is -0.113. The third-order valence-corrected chi connectivity index (χ3v) is 1.49. The monoisotopic (exact) mass is 177 g/mol. The van der Waals surface area contributed by atoms with Crippen molar-refractivity contribution in [1.29, 1.82) is 0 Å². The molecule has 0 fully saturated rings. The highest BCUT2D eigenvalue weighted by Crippen LogP contribution is 2.04. The minimum absolute atomic E-state index is 0.0731. The third kappa shape index (κ3) is 3.87.